The molecule has 1 amide bonds. The van der Waals surface area contributed by atoms with Crippen LogP contribution in [0.2, 0.25) is 0 Å². The fraction of sp³-hybridized carbons (Fsp3) is 0.417. The fourth-order valence-electron chi connectivity index (χ4n) is 2.29. The van der Waals surface area contributed by atoms with E-state index >= 15 is 0 Å². The predicted molar refractivity (Wildman–Crippen MR) is 67.2 cm³/mol. The number of nitrogen functional groups attached to an aromatic ring is 1. The van der Waals surface area contributed by atoms with Crippen molar-refractivity contribution in [2.45, 2.75) is 25.8 Å². The smallest absolute Gasteiger partial charge is 0.292 e. The molecule has 1 saturated heterocycles. The summed E-state index contributed by atoms with van der Waals surface area (Å²) in [5.41, 5.74) is 5.66. The van der Waals surface area contributed by atoms with Gasteiger partial charge in [0.05, 0.1) is 10.5 Å². The topological polar surface area (TPSA) is 89.5 Å². The van der Waals surface area contributed by atoms with Gasteiger partial charge in [0.15, 0.2) is 0 Å². The van der Waals surface area contributed by atoms with Crippen LogP contribution in [0.4, 0.5) is 11.4 Å². The molecular weight excluding hydrogens is 234 g/mol. The zero-order chi connectivity index (χ0) is 13.3. The van der Waals surface area contributed by atoms with Gasteiger partial charge in [-0.25, -0.2) is 0 Å². The van der Waals surface area contributed by atoms with E-state index in [1.807, 2.05) is 6.92 Å². The number of para-hydroxylation sites is 1. The summed E-state index contributed by atoms with van der Waals surface area (Å²) in [6, 6.07) is 4.49. The molecule has 0 spiro atoms. The largest absolute Gasteiger partial charge is 0.393 e. The highest BCUT2D eigenvalue weighted by Crippen LogP contribution is 2.28. The first kappa shape index (κ1) is 12.3. The molecule has 6 nitrogen and oxygen atoms in total. The minimum atomic E-state index is -0.570. The van der Waals surface area contributed by atoms with E-state index in [1.165, 1.54) is 18.2 Å². The zero-order valence-electron chi connectivity index (χ0n) is 10.1. The zero-order valence-corrected chi connectivity index (χ0v) is 10.1. The molecule has 1 aliphatic rings. The maximum absolute atomic E-state index is 12.3. The molecule has 2 N–H and O–H groups in total. The first-order valence-electron chi connectivity index (χ1n) is 5.86. The second-order valence-corrected chi connectivity index (χ2v) is 4.49. The first-order chi connectivity index (χ1) is 8.52. The Bertz CT molecular complexity index is 501. The second kappa shape index (κ2) is 4.64. The summed E-state index contributed by atoms with van der Waals surface area (Å²) in [5.74, 6) is -0.221. The second-order valence-electron chi connectivity index (χ2n) is 4.49. The van der Waals surface area contributed by atoms with Crippen LogP contribution >= 0.6 is 0 Å². The number of anilines is 1. The van der Waals surface area contributed by atoms with Crippen LogP contribution in [0, 0.1) is 10.1 Å². The lowest BCUT2D eigenvalue weighted by Gasteiger charge is -2.22. The summed E-state index contributed by atoms with van der Waals surface area (Å²) in [6.45, 7) is 2.65. The minimum absolute atomic E-state index is 0.0494. The summed E-state index contributed by atoms with van der Waals surface area (Å²) >= 11 is 0. The van der Waals surface area contributed by atoms with Crippen molar-refractivity contribution in [1.82, 2.24) is 4.90 Å². The van der Waals surface area contributed by atoms with Crippen LogP contribution < -0.4 is 5.73 Å². The molecule has 1 fully saturated rings. The third-order valence-electron chi connectivity index (χ3n) is 3.32. The molecule has 1 aromatic carbocycles. The maximum Gasteiger partial charge on any atom is 0.292 e. The summed E-state index contributed by atoms with van der Waals surface area (Å²) in [7, 11) is 0. The van der Waals surface area contributed by atoms with Gasteiger partial charge in [-0.15, -0.1) is 0 Å². The SMILES string of the molecule is CC1CCCN1C(=O)c1cccc([N+](=O)[O-])c1N. The van der Waals surface area contributed by atoms with E-state index in [0.29, 0.717) is 6.54 Å². The summed E-state index contributed by atoms with van der Waals surface area (Å²) in [4.78, 5) is 24.2. The number of nitrogens with zero attached hydrogens (tertiary/aromatic N) is 2. The lowest BCUT2D eigenvalue weighted by Crippen LogP contribution is -2.34. The number of hydrogen-bond acceptors (Lipinski definition) is 4. The van der Waals surface area contributed by atoms with Gasteiger partial charge in [0.25, 0.3) is 11.6 Å². The van der Waals surface area contributed by atoms with E-state index < -0.39 is 4.92 Å². The van der Waals surface area contributed by atoms with Gasteiger partial charge in [-0.1, -0.05) is 6.07 Å². The molecule has 1 aromatic rings. The molecule has 0 bridgehead atoms. The van der Waals surface area contributed by atoms with E-state index in [2.05, 4.69) is 0 Å². The van der Waals surface area contributed by atoms with Gasteiger partial charge in [0.2, 0.25) is 0 Å². The average Bonchev–Trinajstić information content (AvgIpc) is 2.74. The van der Waals surface area contributed by atoms with Crippen molar-refractivity contribution in [3.05, 3.63) is 33.9 Å². The highest BCUT2D eigenvalue weighted by Gasteiger charge is 2.29. The third-order valence-corrected chi connectivity index (χ3v) is 3.32. The molecule has 6 heteroatoms. The van der Waals surface area contributed by atoms with Crippen molar-refractivity contribution in [3.63, 3.8) is 0 Å². The average molecular weight is 249 g/mol. The van der Waals surface area contributed by atoms with Crippen LogP contribution in [0.25, 0.3) is 0 Å². The number of likely N-dealkylation sites (tertiary alicyclic amines) is 1. The molecule has 1 heterocycles. The number of hydrogen-bond donors (Lipinski definition) is 1. The number of nitro groups is 1. The number of benzene rings is 1. The lowest BCUT2D eigenvalue weighted by atomic mass is 10.1. The first-order valence-corrected chi connectivity index (χ1v) is 5.86. The Labute approximate surface area is 105 Å². The maximum atomic E-state index is 12.3. The number of carbonyl (C=O) groups is 1. The van der Waals surface area contributed by atoms with E-state index in [0.717, 1.165) is 12.8 Å². The normalized spacial score (nSPS) is 18.9. The Hall–Kier alpha value is -2.11. The molecule has 0 saturated carbocycles. The van der Waals surface area contributed by atoms with Crippen molar-refractivity contribution < 1.29 is 9.72 Å². The molecule has 18 heavy (non-hydrogen) atoms. The van der Waals surface area contributed by atoms with E-state index in [-0.39, 0.29) is 28.9 Å². The molecule has 1 aliphatic heterocycles. The van der Waals surface area contributed by atoms with Crippen LogP contribution in [-0.2, 0) is 0 Å². The Kier molecular flexibility index (Phi) is 3.18. The molecular formula is C12H15N3O3. The van der Waals surface area contributed by atoms with Gasteiger partial charge in [0.1, 0.15) is 5.69 Å². The molecule has 96 valence electrons. The van der Waals surface area contributed by atoms with Crippen molar-refractivity contribution in [2.75, 3.05) is 12.3 Å². The van der Waals surface area contributed by atoms with Gasteiger partial charge in [-0.2, -0.15) is 0 Å². The Balaban J connectivity index is 2.36. The standard InChI is InChI=1S/C12H15N3O3/c1-8-4-3-7-14(8)12(16)9-5-2-6-10(11(9)13)15(17)18/h2,5-6,8H,3-4,7,13H2,1H3. The van der Waals surface area contributed by atoms with E-state index in [1.54, 1.807) is 4.90 Å². The van der Waals surface area contributed by atoms with Crippen molar-refractivity contribution in [3.8, 4) is 0 Å². The van der Waals surface area contributed by atoms with Crippen LogP contribution in [0.5, 0.6) is 0 Å². The Morgan fingerprint density at radius 3 is 2.83 bits per heavy atom. The highest BCUT2D eigenvalue weighted by atomic mass is 16.6. The van der Waals surface area contributed by atoms with Crippen LogP contribution in [0.1, 0.15) is 30.1 Å². The van der Waals surface area contributed by atoms with Crippen LogP contribution in [0.3, 0.4) is 0 Å². The predicted octanol–water partition coefficient (Wildman–Crippen LogP) is 1.80. The Morgan fingerprint density at radius 1 is 1.56 bits per heavy atom. The summed E-state index contributed by atoms with van der Waals surface area (Å²) in [6.07, 6.45) is 1.92. The molecule has 0 radical (unpaired) electrons. The lowest BCUT2D eigenvalue weighted by molar-refractivity contribution is -0.383. The van der Waals surface area contributed by atoms with Gasteiger partial charge in [0, 0.05) is 18.7 Å². The number of rotatable bonds is 2. The highest BCUT2D eigenvalue weighted by molar-refractivity contribution is 6.01. The third kappa shape index (κ3) is 2.01. The summed E-state index contributed by atoms with van der Waals surface area (Å²) in [5, 5.41) is 10.8. The molecule has 0 aliphatic carbocycles. The number of nitro benzene ring substituents is 1. The van der Waals surface area contributed by atoms with E-state index in [4.69, 9.17) is 5.73 Å². The summed E-state index contributed by atoms with van der Waals surface area (Å²) < 4.78 is 0. The van der Waals surface area contributed by atoms with Gasteiger partial charge < -0.3 is 10.6 Å². The van der Waals surface area contributed by atoms with Gasteiger partial charge >= 0.3 is 0 Å². The number of carbonyl (C=O) groups excluding carboxylic acids is 1. The molecule has 1 atom stereocenters. The fourth-order valence-corrected chi connectivity index (χ4v) is 2.29. The van der Waals surface area contributed by atoms with Gasteiger partial charge in [-0.05, 0) is 25.8 Å². The minimum Gasteiger partial charge on any atom is -0.393 e. The van der Waals surface area contributed by atoms with Crippen molar-refractivity contribution in [1.29, 1.82) is 0 Å². The van der Waals surface area contributed by atoms with Crippen LogP contribution in [-0.4, -0.2) is 28.3 Å². The quantitative estimate of drug-likeness (QED) is 0.491. The number of amides is 1. The van der Waals surface area contributed by atoms with Gasteiger partial charge in [-0.3, -0.25) is 14.9 Å². The number of nitrogens with two attached hydrogens (primary N) is 1. The molecule has 1 unspecified atom stereocenters. The van der Waals surface area contributed by atoms with Crippen molar-refractivity contribution >= 4 is 17.3 Å². The van der Waals surface area contributed by atoms with Crippen LogP contribution in [0.15, 0.2) is 18.2 Å². The van der Waals surface area contributed by atoms with Crippen molar-refractivity contribution in [2.24, 2.45) is 0 Å². The molecule has 0 aromatic heterocycles. The molecule has 2 rings (SSSR count). The Morgan fingerprint density at radius 2 is 2.28 bits per heavy atom. The van der Waals surface area contributed by atoms with E-state index in [9.17, 15) is 14.9 Å². The monoisotopic (exact) mass is 249 g/mol.